The number of rotatable bonds is 2. The van der Waals surface area contributed by atoms with Gasteiger partial charge in [-0.1, -0.05) is 42.4 Å². The van der Waals surface area contributed by atoms with Crippen molar-refractivity contribution in [3.8, 4) is 0 Å². The zero-order valence-electron chi connectivity index (χ0n) is 5.72. The van der Waals surface area contributed by atoms with E-state index in [1.165, 1.54) is 6.04 Å². The first-order chi connectivity index (χ1) is 4.43. The molecule has 0 unspecified atom stereocenters. The third-order valence-electron chi connectivity index (χ3n) is 1.33. The summed E-state index contributed by atoms with van der Waals surface area (Å²) in [7, 11) is 0.0790. The van der Waals surface area contributed by atoms with Crippen LogP contribution in [0, 0.1) is 6.07 Å². The van der Waals surface area contributed by atoms with Gasteiger partial charge >= 0.3 is 0 Å². The first-order valence-electron chi connectivity index (χ1n) is 3.38. The maximum Gasteiger partial charge on any atom is 0.0544 e. The van der Waals surface area contributed by atoms with E-state index in [9.17, 15) is 0 Å². The Morgan fingerprint density at radius 2 is 2.11 bits per heavy atom. The molecule has 0 saturated heterocycles. The molecule has 1 rings (SSSR count). The van der Waals surface area contributed by atoms with Crippen molar-refractivity contribution >= 4 is 14.7 Å². The van der Waals surface area contributed by atoms with Crippen molar-refractivity contribution in [1.82, 2.24) is 0 Å². The van der Waals surface area contributed by atoms with E-state index in [0.29, 0.717) is 0 Å². The molecule has 1 radical (unpaired) electrons. The molecule has 0 aromatic heterocycles. The van der Waals surface area contributed by atoms with E-state index < -0.39 is 0 Å². The highest BCUT2D eigenvalue weighted by Gasteiger charge is 1.85. The predicted octanol–water partition coefficient (Wildman–Crippen LogP) is 0.719. The smallest absolute Gasteiger partial charge is 0.0544 e. The van der Waals surface area contributed by atoms with Crippen LogP contribution in [0.4, 0.5) is 0 Å². The van der Waals surface area contributed by atoms with E-state index in [-0.39, 0.29) is 9.52 Å². The summed E-state index contributed by atoms with van der Waals surface area (Å²) in [6, 6.07) is 12.7. The van der Waals surface area contributed by atoms with Crippen LogP contribution in [0.3, 0.4) is 0 Å². The van der Waals surface area contributed by atoms with E-state index in [1.54, 1.807) is 5.19 Å². The van der Waals surface area contributed by atoms with Gasteiger partial charge < -0.3 is 0 Å². The summed E-state index contributed by atoms with van der Waals surface area (Å²) in [5.74, 6) is 0. The van der Waals surface area contributed by atoms with Crippen molar-refractivity contribution in [3.63, 3.8) is 0 Å². The van der Waals surface area contributed by atoms with Gasteiger partial charge in [0.1, 0.15) is 0 Å². The summed E-state index contributed by atoms with van der Waals surface area (Å²) in [6.07, 6.45) is 0. The molecule has 0 bridgehead atoms. The monoisotopic (exact) mass is 135 g/mol. The molecule has 0 heterocycles. The third-order valence-corrected chi connectivity index (χ3v) is 2.87. The minimum absolute atomic E-state index is 0.0790. The summed E-state index contributed by atoms with van der Waals surface area (Å²) in [5, 5.41) is 1.55. The Kier molecular flexibility index (Phi) is 2.52. The van der Waals surface area contributed by atoms with Crippen LogP contribution in [0.15, 0.2) is 24.3 Å². The van der Waals surface area contributed by atoms with Crippen LogP contribution in [-0.2, 0) is 0 Å². The Morgan fingerprint density at radius 1 is 1.44 bits per heavy atom. The largest absolute Gasteiger partial charge is 0.0680 e. The van der Waals surface area contributed by atoms with Crippen molar-refractivity contribution in [2.24, 2.45) is 0 Å². The quantitative estimate of drug-likeness (QED) is 0.524. The molecule has 0 N–H and O–H groups in total. The van der Waals surface area contributed by atoms with Gasteiger partial charge in [0.2, 0.25) is 0 Å². The highest BCUT2D eigenvalue weighted by atomic mass is 28.2. The average molecular weight is 135 g/mol. The molecule has 1 heteroatoms. The molecule has 0 fully saturated rings. The Morgan fingerprint density at radius 3 is 2.67 bits per heavy atom. The normalized spacial score (nSPS) is 10.8. The van der Waals surface area contributed by atoms with Gasteiger partial charge in [-0.15, -0.1) is 0 Å². The van der Waals surface area contributed by atoms with Gasteiger partial charge in [0, 0.05) is 0 Å². The fraction of sp³-hybridized carbons (Fsp3) is 0.250. The Labute approximate surface area is 58.7 Å². The van der Waals surface area contributed by atoms with Gasteiger partial charge in [0.25, 0.3) is 0 Å². The van der Waals surface area contributed by atoms with Gasteiger partial charge in [-0.25, -0.2) is 0 Å². The lowest BCUT2D eigenvalue weighted by Crippen LogP contribution is -2.10. The van der Waals surface area contributed by atoms with Crippen LogP contribution in [-0.4, -0.2) is 9.52 Å². The van der Waals surface area contributed by atoms with Gasteiger partial charge in [0.05, 0.1) is 9.52 Å². The lowest BCUT2D eigenvalue weighted by atomic mass is 10.4. The maximum atomic E-state index is 3.01. The van der Waals surface area contributed by atoms with E-state index in [1.807, 2.05) is 12.1 Å². The van der Waals surface area contributed by atoms with E-state index >= 15 is 0 Å². The summed E-state index contributed by atoms with van der Waals surface area (Å²) in [6.45, 7) is 2.25. The summed E-state index contributed by atoms with van der Waals surface area (Å²) in [4.78, 5) is 0. The first-order valence-corrected chi connectivity index (χ1v) is 5.09. The second-order valence-electron chi connectivity index (χ2n) is 2.16. The highest BCUT2D eigenvalue weighted by Crippen LogP contribution is 1.81. The lowest BCUT2D eigenvalue weighted by Gasteiger charge is -1.92. The highest BCUT2D eigenvalue weighted by molar-refractivity contribution is 6.53. The molecule has 0 spiro atoms. The maximum absolute atomic E-state index is 3.01. The standard InChI is InChI=1S/C8H11Si/c1-2-9-8-6-4-3-5-7-8/h4-7H,2,9H2,1H3. The van der Waals surface area contributed by atoms with Gasteiger partial charge in [-0.2, -0.15) is 0 Å². The second kappa shape index (κ2) is 3.46. The van der Waals surface area contributed by atoms with Crippen LogP contribution in [0.2, 0.25) is 6.04 Å². The number of hydrogen-bond acceptors (Lipinski definition) is 0. The molecule has 0 nitrogen and oxygen atoms in total. The molecule has 0 aliphatic rings. The molecule has 0 aliphatic carbocycles. The molecular formula is C8H11Si. The molecule has 1 aromatic rings. The Balaban J connectivity index is 2.61. The van der Waals surface area contributed by atoms with Crippen molar-refractivity contribution in [2.45, 2.75) is 13.0 Å². The fourth-order valence-corrected chi connectivity index (χ4v) is 2.02. The van der Waals surface area contributed by atoms with Crippen LogP contribution >= 0.6 is 0 Å². The molecule has 0 atom stereocenters. The average Bonchev–Trinajstić information content (AvgIpc) is 1.91. The van der Waals surface area contributed by atoms with Crippen molar-refractivity contribution in [3.05, 3.63) is 30.3 Å². The van der Waals surface area contributed by atoms with Gasteiger partial charge in [0.15, 0.2) is 0 Å². The Hall–Kier alpha value is -0.563. The zero-order chi connectivity index (χ0) is 6.53. The topological polar surface area (TPSA) is 0 Å². The van der Waals surface area contributed by atoms with E-state index in [2.05, 4.69) is 25.1 Å². The van der Waals surface area contributed by atoms with Gasteiger partial charge in [-0.3, -0.25) is 0 Å². The van der Waals surface area contributed by atoms with Crippen LogP contribution < -0.4 is 5.19 Å². The summed E-state index contributed by atoms with van der Waals surface area (Å²) in [5.41, 5.74) is 0. The van der Waals surface area contributed by atoms with Gasteiger partial charge in [-0.05, 0) is 6.07 Å². The van der Waals surface area contributed by atoms with Crippen molar-refractivity contribution in [1.29, 1.82) is 0 Å². The summed E-state index contributed by atoms with van der Waals surface area (Å²) < 4.78 is 0. The van der Waals surface area contributed by atoms with Crippen LogP contribution in [0.5, 0.6) is 0 Å². The lowest BCUT2D eigenvalue weighted by molar-refractivity contribution is 1.46. The predicted molar refractivity (Wildman–Crippen MR) is 43.9 cm³/mol. The first kappa shape index (κ1) is 6.56. The van der Waals surface area contributed by atoms with Crippen molar-refractivity contribution < 1.29 is 0 Å². The third kappa shape index (κ3) is 2.02. The molecular weight excluding hydrogens is 124 g/mol. The fourth-order valence-electron chi connectivity index (χ4n) is 0.877. The SMILES string of the molecule is CC[SiH2]c1cc[c]cc1. The van der Waals surface area contributed by atoms with Crippen molar-refractivity contribution in [2.75, 3.05) is 0 Å². The van der Waals surface area contributed by atoms with Crippen LogP contribution in [0.1, 0.15) is 6.92 Å². The van der Waals surface area contributed by atoms with E-state index in [0.717, 1.165) is 0 Å². The zero-order valence-corrected chi connectivity index (χ0v) is 7.14. The number of benzene rings is 1. The minimum atomic E-state index is 0.0790. The minimum Gasteiger partial charge on any atom is -0.0680 e. The molecule has 47 valence electrons. The molecule has 0 aliphatic heterocycles. The molecule has 0 amide bonds. The summed E-state index contributed by atoms with van der Waals surface area (Å²) >= 11 is 0. The number of hydrogen-bond donors (Lipinski definition) is 0. The molecule has 1 aromatic carbocycles. The van der Waals surface area contributed by atoms with E-state index in [4.69, 9.17) is 0 Å². The second-order valence-corrected chi connectivity index (χ2v) is 4.47. The molecule has 9 heavy (non-hydrogen) atoms. The van der Waals surface area contributed by atoms with Crippen LogP contribution in [0.25, 0.3) is 0 Å². The Bertz CT molecular complexity index is 157. The molecule has 0 saturated carbocycles.